The third-order valence-corrected chi connectivity index (χ3v) is 3.45. The summed E-state index contributed by atoms with van der Waals surface area (Å²) >= 11 is 0. The number of rotatable bonds is 9. The number of fused-ring (bicyclic) bond motifs is 1. The largest absolute Gasteiger partial charge is 0.451 e. The molecule has 2 aromatic rings. The molecule has 0 aliphatic heterocycles. The Kier molecular flexibility index (Phi) is 6.58. The number of hydrogen-bond donors (Lipinski definition) is 2. The molecule has 0 unspecified atom stereocenters. The van der Waals surface area contributed by atoms with Crippen molar-refractivity contribution >= 4 is 16.9 Å². The average Bonchev–Trinajstić information content (AvgIpc) is 2.89. The van der Waals surface area contributed by atoms with Crippen LogP contribution in [0.5, 0.6) is 0 Å². The van der Waals surface area contributed by atoms with Crippen molar-refractivity contribution in [3.8, 4) is 0 Å². The third-order valence-electron chi connectivity index (χ3n) is 3.45. The Bertz CT molecular complexity index is 637. The van der Waals surface area contributed by atoms with Gasteiger partial charge in [0.2, 0.25) is 0 Å². The minimum absolute atomic E-state index is 0.174. The lowest BCUT2D eigenvalue weighted by molar-refractivity contribution is 0.0926. The molecule has 1 amide bonds. The Balaban J connectivity index is 2.04. The number of carbonyl (C=O) groups excluding carboxylic acids is 1. The first-order valence-electron chi connectivity index (χ1n) is 7.76. The summed E-state index contributed by atoms with van der Waals surface area (Å²) in [4.78, 5) is 14.5. The van der Waals surface area contributed by atoms with E-state index < -0.39 is 0 Å². The summed E-state index contributed by atoms with van der Waals surface area (Å²) in [5.74, 6) is 0.225. The standard InChI is InChI=1S/C17H25N3O3/c1-20(2)12-14-13-6-4-5-7-15(13)23-16(14)17(21)19-9-8-18-10-11-22-3/h4-7,18H,8-12H2,1-3H3,(H,19,21). The van der Waals surface area contributed by atoms with Gasteiger partial charge in [-0.05, 0) is 20.2 Å². The highest BCUT2D eigenvalue weighted by molar-refractivity contribution is 5.99. The SMILES string of the molecule is COCCNCCNC(=O)c1oc2ccccc2c1CN(C)C. The molecule has 1 heterocycles. The maximum atomic E-state index is 12.4. The Morgan fingerprint density at radius 1 is 1.22 bits per heavy atom. The van der Waals surface area contributed by atoms with Crippen molar-refractivity contribution in [3.05, 3.63) is 35.6 Å². The van der Waals surface area contributed by atoms with E-state index in [1.807, 2.05) is 43.3 Å². The number of amides is 1. The van der Waals surface area contributed by atoms with Gasteiger partial charge in [0, 0.05) is 44.2 Å². The van der Waals surface area contributed by atoms with E-state index in [0.29, 0.717) is 32.0 Å². The first-order chi connectivity index (χ1) is 11.1. The maximum Gasteiger partial charge on any atom is 0.287 e. The monoisotopic (exact) mass is 319 g/mol. The number of benzene rings is 1. The Labute approximate surface area is 136 Å². The molecule has 0 fully saturated rings. The van der Waals surface area contributed by atoms with Gasteiger partial charge in [-0.25, -0.2) is 0 Å². The zero-order chi connectivity index (χ0) is 16.7. The molecular formula is C17H25N3O3. The lowest BCUT2D eigenvalue weighted by Crippen LogP contribution is -2.33. The molecule has 126 valence electrons. The van der Waals surface area contributed by atoms with Crippen molar-refractivity contribution in [2.24, 2.45) is 0 Å². The molecule has 0 bridgehead atoms. The minimum atomic E-state index is -0.174. The van der Waals surface area contributed by atoms with Crippen LogP contribution in [0.2, 0.25) is 0 Å². The van der Waals surface area contributed by atoms with Crippen molar-refractivity contribution in [1.29, 1.82) is 0 Å². The van der Waals surface area contributed by atoms with Crippen LogP contribution in [0.25, 0.3) is 11.0 Å². The van der Waals surface area contributed by atoms with E-state index in [1.165, 1.54) is 0 Å². The highest BCUT2D eigenvalue weighted by Gasteiger charge is 2.20. The van der Waals surface area contributed by atoms with Crippen LogP contribution in [0, 0.1) is 0 Å². The summed E-state index contributed by atoms with van der Waals surface area (Å²) < 4.78 is 10.7. The summed E-state index contributed by atoms with van der Waals surface area (Å²) in [6.07, 6.45) is 0. The van der Waals surface area contributed by atoms with Crippen LogP contribution in [0.4, 0.5) is 0 Å². The Morgan fingerprint density at radius 3 is 2.74 bits per heavy atom. The number of ether oxygens (including phenoxy) is 1. The fraction of sp³-hybridized carbons (Fsp3) is 0.471. The number of para-hydroxylation sites is 1. The van der Waals surface area contributed by atoms with E-state index in [9.17, 15) is 4.79 Å². The van der Waals surface area contributed by atoms with E-state index in [2.05, 4.69) is 10.6 Å². The zero-order valence-corrected chi connectivity index (χ0v) is 14.0. The van der Waals surface area contributed by atoms with Gasteiger partial charge in [0.15, 0.2) is 5.76 Å². The molecule has 0 aliphatic rings. The Hall–Kier alpha value is -1.89. The van der Waals surface area contributed by atoms with Crippen molar-refractivity contribution in [1.82, 2.24) is 15.5 Å². The normalized spacial score (nSPS) is 11.3. The Morgan fingerprint density at radius 2 is 2.00 bits per heavy atom. The van der Waals surface area contributed by atoms with Crippen molar-refractivity contribution in [2.45, 2.75) is 6.54 Å². The predicted octanol–water partition coefficient (Wildman–Crippen LogP) is 1.46. The summed E-state index contributed by atoms with van der Waals surface area (Å²) in [5.41, 5.74) is 1.67. The van der Waals surface area contributed by atoms with E-state index in [0.717, 1.165) is 23.1 Å². The van der Waals surface area contributed by atoms with Crippen molar-refractivity contribution in [3.63, 3.8) is 0 Å². The predicted molar refractivity (Wildman–Crippen MR) is 90.7 cm³/mol. The molecule has 0 aliphatic carbocycles. The van der Waals surface area contributed by atoms with Gasteiger partial charge in [0.1, 0.15) is 5.58 Å². The first kappa shape index (κ1) is 17.5. The number of carbonyl (C=O) groups is 1. The van der Waals surface area contributed by atoms with Gasteiger partial charge in [0.25, 0.3) is 5.91 Å². The lowest BCUT2D eigenvalue weighted by Gasteiger charge is -2.10. The highest BCUT2D eigenvalue weighted by Crippen LogP contribution is 2.26. The van der Waals surface area contributed by atoms with Gasteiger partial charge >= 0.3 is 0 Å². The summed E-state index contributed by atoms with van der Waals surface area (Å²) in [6.45, 7) is 3.32. The lowest BCUT2D eigenvalue weighted by atomic mass is 10.1. The van der Waals surface area contributed by atoms with Crippen LogP contribution in [-0.2, 0) is 11.3 Å². The minimum Gasteiger partial charge on any atom is -0.451 e. The van der Waals surface area contributed by atoms with Gasteiger partial charge in [-0.3, -0.25) is 4.79 Å². The number of nitrogens with zero attached hydrogens (tertiary/aromatic N) is 1. The van der Waals surface area contributed by atoms with E-state index in [-0.39, 0.29) is 5.91 Å². The highest BCUT2D eigenvalue weighted by atomic mass is 16.5. The van der Waals surface area contributed by atoms with E-state index in [1.54, 1.807) is 7.11 Å². The first-order valence-corrected chi connectivity index (χ1v) is 7.76. The average molecular weight is 319 g/mol. The molecule has 2 rings (SSSR count). The van der Waals surface area contributed by atoms with Gasteiger partial charge in [-0.15, -0.1) is 0 Å². The van der Waals surface area contributed by atoms with Crippen molar-refractivity contribution in [2.75, 3.05) is 47.4 Å². The summed E-state index contributed by atoms with van der Waals surface area (Å²) in [7, 11) is 5.61. The fourth-order valence-corrected chi connectivity index (χ4v) is 2.40. The summed E-state index contributed by atoms with van der Waals surface area (Å²) in [6, 6.07) is 7.74. The molecule has 1 aromatic heterocycles. The number of furan rings is 1. The zero-order valence-electron chi connectivity index (χ0n) is 14.0. The second-order valence-corrected chi connectivity index (χ2v) is 5.64. The van der Waals surface area contributed by atoms with Crippen LogP contribution in [0.1, 0.15) is 16.1 Å². The molecule has 6 nitrogen and oxygen atoms in total. The molecule has 2 N–H and O–H groups in total. The van der Waals surface area contributed by atoms with Crippen LogP contribution in [-0.4, -0.2) is 58.3 Å². The van der Waals surface area contributed by atoms with Crippen LogP contribution in [0.3, 0.4) is 0 Å². The smallest absolute Gasteiger partial charge is 0.287 e. The second kappa shape index (κ2) is 8.67. The van der Waals surface area contributed by atoms with Crippen molar-refractivity contribution < 1.29 is 13.9 Å². The van der Waals surface area contributed by atoms with Gasteiger partial charge in [-0.1, -0.05) is 18.2 Å². The molecule has 0 radical (unpaired) electrons. The van der Waals surface area contributed by atoms with Crippen LogP contribution >= 0.6 is 0 Å². The molecule has 1 aromatic carbocycles. The van der Waals surface area contributed by atoms with Gasteiger partial charge < -0.3 is 24.7 Å². The molecular weight excluding hydrogens is 294 g/mol. The second-order valence-electron chi connectivity index (χ2n) is 5.64. The van der Waals surface area contributed by atoms with Crippen LogP contribution < -0.4 is 10.6 Å². The van der Waals surface area contributed by atoms with Gasteiger partial charge in [0.05, 0.1) is 6.61 Å². The summed E-state index contributed by atoms with van der Waals surface area (Å²) in [5, 5.41) is 7.07. The quantitative estimate of drug-likeness (QED) is 0.685. The number of methoxy groups -OCH3 is 1. The van der Waals surface area contributed by atoms with Crippen LogP contribution in [0.15, 0.2) is 28.7 Å². The molecule has 0 spiro atoms. The molecule has 0 saturated carbocycles. The third kappa shape index (κ3) is 4.79. The topological polar surface area (TPSA) is 66.7 Å². The number of hydrogen-bond acceptors (Lipinski definition) is 5. The fourth-order valence-electron chi connectivity index (χ4n) is 2.40. The molecule has 23 heavy (non-hydrogen) atoms. The van der Waals surface area contributed by atoms with E-state index >= 15 is 0 Å². The van der Waals surface area contributed by atoms with E-state index in [4.69, 9.17) is 9.15 Å². The maximum absolute atomic E-state index is 12.4. The van der Waals surface area contributed by atoms with Gasteiger partial charge in [-0.2, -0.15) is 0 Å². The molecule has 0 atom stereocenters. The molecule has 0 saturated heterocycles. The number of nitrogens with one attached hydrogen (secondary N) is 2. The molecule has 6 heteroatoms.